The molecular weight excluding hydrogens is 424 g/mol. The number of thioether (sulfide) groups is 1. The van der Waals surface area contributed by atoms with Crippen molar-refractivity contribution in [2.24, 2.45) is 0 Å². The molecule has 30 heavy (non-hydrogen) atoms. The number of hydrogen-bond donors (Lipinski definition) is 1. The van der Waals surface area contributed by atoms with Crippen molar-refractivity contribution in [3.63, 3.8) is 0 Å². The van der Waals surface area contributed by atoms with E-state index in [2.05, 4.69) is 25.2 Å². The number of rotatable bonds is 8. The van der Waals surface area contributed by atoms with Crippen LogP contribution in [-0.4, -0.2) is 70.1 Å². The minimum atomic E-state index is -0.0900. The van der Waals surface area contributed by atoms with Crippen LogP contribution in [0.2, 0.25) is 5.15 Å². The van der Waals surface area contributed by atoms with E-state index >= 15 is 0 Å². The fourth-order valence-corrected chi connectivity index (χ4v) is 3.99. The second-order valence-corrected chi connectivity index (χ2v) is 8.09. The first-order chi connectivity index (χ1) is 14.5. The predicted molar refractivity (Wildman–Crippen MR) is 118 cm³/mol. The molecule has 0 atom stereocenters. The fourth-order valence-electron chi connectivity index (χ4n) is 3.08. The maximum absolute atomic E-state index is 12.1. The van der Waals surface area contributed by atoms with Gasteiger partial charge in [-0.2, -0.15) is 0 Å². The van der Waals surface area contributed by atoms with E-state index in [1.165, 1.54) is 11.8 Å². The number of pyridine rings is 1. The molecule has 3 rings (SSSR count). The average Bonchev–Trinajstić information content (AvgIpc) is 2.77. The number of carbonyl (C=O) groups is 2. The van der Waals surface area contributed by atoms with Crippen LogP contribution in [0.15, 0.2) is 35.6 Å². The molecular formula is C20H25ClN6O2S. The van der Waals surface area contributed by atoms with Crippen LogP contribution in [0.3, 0.4) is 0 Å². The number of hydrogen-bond acceptors (Lipinski definition) is 7. The minimum absolute atomic E-state index is 0.0900. The molecule has 1 N–H and O–H groups in total. The third kappa shape index (κ3) is 6.56. The molecule has 0 aromatic carbocycles. The molecule has 160 valence electrons. The second kappa shape index (κ2) is 11.1. The van der Waals surface area contributed by atoms with Gasteiger partial charge in [0.25, 0.3) is 0 Å². The van der Waals surface area contributed by atoms with Crippen LogP contribution >= 0.6 is 23.4 Å². The maximum atomic E-state index is 12.1. The summed E-state index contributed by atoms with van der Waals surface area (Å²) in [5, 5.41) is 3.68. The Balaban J connectivity index is 1.48. The van der Waals surface area contributed by atoms with Gasteiger partial charge in [0.05, 0.1) is 5.75 Å². The lowest BCUT2D eigenvalue weighted by molar-refractivity contribution is -0.131. The molecule has 2 aromatic rings. The first-order valence-corrected chi connectivity index (χ1v) is 11.3. The van der Waals surface area contributed by atoms with Crippen molar-refractivity contribution < 1.29 is 9.59 Å². The van der Waals surface area contributed by atoms with Gasteiger partial charge in [-0.05, 0) is 12.1 Å². The summed E-state index contributed by atoms with van der Waals surface area (Å²) in [4.78, 5) is 40.9. The van der Waals surface area contributed by atoms with E-state index in [0.717, 1.165) is 11.5 Å². The minimum Gasteiger partial charge on any atom is -0.355 e. The smallest absolute Gasteiger partial charge is 0.230 e. The van der Waals surface area contributed by atoms with Crippen LogP contribution in [0.4, 0.5) is 5.82 Å². The lowest BCUT2D eigenvalue weighted by Crippen LogP contribution is -2.48. The molecule has 10 heteroatoms. The Labute approximate surface area is 185 Å². The Hall–Kier alpha value is -2.39. The molecule has 0 bridgehead atoms. The number of nitrogens with zero attached hydrogens (tertiary/aromatic N) is 5. The van der Waals surface area contributed by atoms with Crippen LogP contribution in [0.1, 0.15) is 19.0 Å². The summed E-state index contributed by atoms with van der Waals surface area (Å²) in [6.07, 6.45) is 2.94. The molecule has 8 nitrogen and oxygen atoms in total. The van der Waals surface area contributed by atoms with E-state index in [1.54, 1.807) is 12.3 Å². The molecule has 0 unspecified atom stereocenters. The topological polar surface area (TPSA) is 91.3 Å². The van der Waals surface area contributed by atoms with Gasteiger partial charge in [-0.15, -0.1) is 0 Å². The monoisotopic (exact) mass is 448 g/mol. The lowest BCUT2D eigenvalue weighted by Gasteiger charge is -2.35. The lowest BCUT2D eigenvalue weighted by atomic mass is 10.3. The van der Waals surface area contributed by atoms with Crippen molar-refractivity contribution in [3.8, 4) is 0 Å². The number of carbonyl (C=O) groups excluding carboxylic acids is 2. The molecule has 1 saturated heterocycles. The highest BCUT2D eigenvalue weighted by Crippen LogP contribution is 2.23. The molecule has 2 amide bonds. The van der Waals surface area contributed by atoms with Gasteiger partial charge in [0.1, 0.15) is 11.0 Å². The quantitative estimate of drug-likeness (QED) is 0.375. The molecule has 1 aliphatic heterocycles. The Bertz CT molecular complexity index is 862. The summed E-state index contributed by atoms with van der Waals surface area (Å²) in [5.41, 5.74) is 0.939. The van der Waals surface area contributed by atoms with Crippen LogP contribution < -0.4 is 10.2 Å². The summed E-state index contributed by atoms with van der Waals surface area (Å²) in [5.74, 6) is 1.01. The zero-order chi connectivity index (χ0) is 21.3. The predicted octanol–water partition coefficient (Wildman–Crippen LogP) is 2.03. The van der Waals surface area contributed by atoms with Crippen molar-refractivity contribution in [2.75, 3.05) is 43.4 Å². The first kappa shape index (κ1) is 22.3. The highest BCUT2D eigenvalue weighted by atomic mass is 35.5. The number of anilines is 1. The third-order valence-electron chi connectivity index (χ3n) is 4.68. The molecule has 3 heterocycles. The Morgan fingerprint density at radius 3 is 2.70 bits per heavy atom. The fraction of sp³-hybridized carbons (Fsp3) is 0.450. The molecule has 2 aromatic heterocycles. The number of nitrogens with one attached hydrogen (secondary N) is 1. The van der Waals surface area contributed by atoms with Gasteiger partial charge in [0.15, 0.2) is 5.16 Å². The number of amides is 2. The summed E-state index contributed by atoms with van der Waals surface area (Å²) in [6, 6.07) is 7.44. The third-order valence-corrected chi connectivity index (χ3v) is 5.72. The van der Waals surface area contributed by atoms with E-state index in [9.17, 15) is 9.59 Å². The van der Waals surface area contributed by atoms with E-state index < -0.39 is 0 Å². The zero-order valence-corrected chi connectivity index (χ0v) is 18.5. The van der Waals surface area contributed by atoms with Gasteiger partial charge in [-0.25, -0.2) is 9.97 Å². The highest BCUT2D eigenvalue weighted by molar-refractivity contribution is 7.99. The van der Waals surface area contributed by atoms with Crippen LogP contribution in [0, 0.1) is 0 Å². The number of piperazine rings is 1. The normalized spacial score (nSPS) is 13.9. The van der Waals surface area contributed by atoms with Gasteiger partial charge in [0.2, 0.25) is 11.8 Å². The Kier molecular flexibility index (Phi) is 8.27. The first-order valence-electron chi connectivity index (χ1n) is 9.92. The van der Waals surface area contributed by atoms with E-state index in [4.69, 9.17) is 11.6 Å². The van der Waals surface area contributed by atoms with E-state index in [0.29, 0.717) is 55.9 Å². The van der Waals surface area contributed by atoms with Gasteiger partial charge in [0, 0.05) is 63.5 Å². The molecule has 0 saturated carbocycles. The van der Waals surface area contributed by atoms with Crippen LogP contribution in [0.25, 0.3) is 0 Å². The molecule has 1 aliphatic rings. The molecule has 1 fully saturated rings. The van der Waals surface area contributed by atoms with E-state index in [1.807, 2.05) is 30.0 Å². The van der Waals surface area contributed by atoms with E-state index in [-0.39, 0.29) is 17.6 Å². The molecule has 0 spiro atoms. The van der Waals surface area contributed by atoms with Crippen LogP contribution in [-0.2, 0) is 16.0 Å². The summed E-state index contributed by atoms with van der Waals surface area (Å²) >= 11 is 7.43. The van der Waals surface area contributed by atoms with Crippen molar-refractivity contribution in [2.45, 2.75) is 24.9 Å². The van der Waals surface area contributed by atoms with Gasteiger partial charge < -0.3 is 15.1 Å². The molecule has 0 aliphatic carbocycles. The molecule has 0 radical (unpaired) electrons. The maximum Gasteiger partial charge on any atom is 0.230 e. The van der Waals surface area contributed by atoms with Gasteiger partial charge in [-0.1, -0.05) is 36.4 Å². The standard InChI is InChI=1S/C20H25ClN6O2S/c1-2-19(29)27-11-9-26(10-12-27)17-13-16(21)24-20(25-17)30-14-18(28)23-8-6-15-5-3-4-7-22-15/h3-5,7,13H,2,6,8-12,14H2,1H3,(H,23,28). The van der Waals surface area contributed by atoms with Crippen molar-refractivity contribution in [1.82, 2.24) is 25.2 Å². The van der Waals surface area contributed by atoms with Gasteiger partial charge in [-0.3, -0.25) is 14.6 Å². The number of halogens is 1. The highest BCUT2D eigenvalue weighted by Gasteiger charge is 2.21. The van der Waals surface area contributed by atoms with Crippen LogP contribution in [0.5, 0.6) is 0 Å². The van der Waals surface area contributed by atoms with Crippen molar-refractivity contribution >= 4 is 41.0 Å². The zero-order valence-electron chi connectivity index (χ0n) is 16.9. The van der Waals surface area contributed by atoms with Crippen molar-refractivity contribution in [1.29, 1.82) is 0 Å². The Morgan fingerprint density at radius 2 is 2.00 bits per heavy atom. The summed E-state index contributed by atoms with van der Waals surface area (Å²) in [6.45, 7) is 5.11. The Morgan fingerprint density at radius 1 is 1.20 bits per heavy atom. The largest absolute Gasteiger partial charge is 0.355 e. The second-order valence-electron chi connectivity index (χ2n) is 6.76. The van der Waals surface area contributed by atoms with Crippen molar-refractivity contribution in [3.05, 3.63) is 41.3 Å². The number of aromatic nitrogens is 3. The summed E-state index contributed by atoms with van der Waals surface area (Å²) < 4.78 is 0. The summed E-state index contributed by atoms with van der Waals surface area (Å²) in [7, 11) is 0. The van der Waals surface area contributed by atoms with Gasteiger partial charge >= 0.3 is 0 Å². The average molecular weight is 449 g/mol. The SMILES string of the molecule is CCC(=O)N1CCN(c2cc(Cl)nc(SCC(=O)NCCc3ccccn3)n2)CC1.